The van der Waals surface area contributed by atoms with Crippen molar-refractivity contribution in [1.82, 2.24) is 9.80 Å². The molecule has 1 heterocycles. The Hall–Kier alpha value is -1.68. The monoisotopic (exact) mass is 366 g/mol. The van der Waals surface area contributed by atoms with Crippen molar-refractivity contribution in [3.8, 4) is 0 Å². The summed E-state index contributed by atoms with van der Waals surface area (Å²) < 4.78 is 0. The molecule has 1 aromatic rings. The molecule has 27 heavy (non-hydrogen) atoms. The predicted molar refractivity (Wildman–Crippen MR) is 104 cm³/mol. The molecule has 5 aliphatic rings. The van der Waals surface area contributed by atoms with Crippen LogP contribution in [-0.2, 0) is 4.79 Å². The molecular formula is C23H30N2O2. The van der Waals surface area contributed by atoms with E-state index in [0.29, 0.717) is 12.5 Å². The first-order valence-electron chi connectivity index (χ1n) is 10.7. The molecule has 144 valence electrons. The van der Waals surface area contributed by atoms with E-state index in [1.54, 1.807) is 0 Å². The number of carbonyl (C=O) groups is 2. The normalized spacial score (nSPS) is 35.4. The van der Waals surface area contributed by atoms with Crippen LogP contribution in [0.25, 0.3) is 0 Å². The number of amides is 1. The van der Waals surface area contributed by atoms with Crippen molar-refractivity contribution in [2.75, 3.05) is 32.7 Å². The van der Waals surface area contributed by atoms with Gasteiger partial charge in [0, 0.05) is 31.7 Å². The maximum Gasteiger partial charge on any atom is 0.228 e. The Morgan fingerprint density at radius 3 is 1.96 bits per heavy atom. The molecule has 1 saturated heterocycles. The fourth-order valence-electron chi connectivity index (χ4n) is 6.74. The van der Waals surface area contributed by atoms with Gasteiger partial charge < -0.3 is 4.90 Å². The van der Waals surface area contributed by atoms with Gasteiger partial charge in [0.05, 0.1) is 12.0 Å². The number of piperazine rings is 1. The lowest BCUT2D eigenvalue weighted by Gasteiger charge is -2.57. The van der Waals surface area contributed by atoms with E-state index < -0.39 is 0 Å². The van der Waals surface area contributed by atoms with Gasteiger partial charge in [0.2, 0.25) is 5.91 Å². The molecule has 0 spiro atoms. The highest BCUT2D eigenvalue weighted by atomic mass is 16.2. The second-order valence-electron chi connectivity index (χ2n) is 9.56. The van der Waals surface area contributed by atoms with Crippen LogP contribution in [0.3, 0.4) is 0 Å². The van der Waals surface area contributed by atoms with Gasteiger partial charge in [-0.05, 0) is 56.3 Å². The topological polar surface area (TPSA) is 40.6 Å². The van der Waals surface area contributed by atoms with Crippen LogP contribution in [0, 0.1) is 23.2 Å². The Morgan fingerprint density at radius 2 is 1.41 bits per heavy atom. The lowest BCUT2D eigenvalue weighted by molar-refractivity contribution is -0.159. The highest BCUT2D eigenvalue weighted by Gasteiger charge is 2.55. The van der Waals surface area contributed by atoms with E-state index in [2.05, 4.69) is 9.80 Å². The molecule has 4 nitrogen and oxygen atoms in total. The Bertz CT molecular complexity index is 686. The largest absolute Gasteiger partial charge is 0.340 e. The summed E-state index contributed by atoms with van der Waals surface area (Å²) in [4.78, 5) is 30.2. The van der Waals surface area contributed by atoms with Crippen LogP contribution in [-0.4, -0.2) is 54.2 Å². The first-order chi connectivity index (χ1) is 13.1. The summed E-state index contributed by atoms with van der Waals surface area (Å²) in [6.45, 7) is 3.65. The molecule has 0 N–H and O–H groups in total. The van der Waals surface area contributed by atoms with Crippen LogP contribution in [0.15, 0.2) is 30.3 Å². The first-order valence-corrected chi connectivity index (χ1v) is 10.7. The summed E-state index contributed by atoms with van der Waals surface area (Å²) in [7, 11) is 0. The van der Waals surface area contributed by atoms with Crippen molar-refractivity contribution in [2.45, 2.75) is 38.5 Å². The van der Waals surface area contributed by atoms with E-state index in [1.165, 1.54) is 19.3 Å². The summed E-state index contributed by atoms with van der Waals surface area (Å²) >= 11 is 0. The van der Waals surface area contributed by atoms with Gasteiger partial charge in [0.1, 0.15) is 0 Å². The number of benzene rings is 1. The second-order valence-corrected chi connectivity index (χ2v) is 9.56. The zero-order valence-corrected chi connectivity index (χ0v) is 16.1. The van der Waals surface area contributed by atoms with Gasteiger partial charge in [-0.15, -0.1) is 0 Å². The first kappa shape index (κ1) is 17.4. The van der Waals surface area contributed by atoms with Gasteiger partial charge in [-0.3, -0.25) is 14.5 Å². The average Bonchev–Trinajstić information content (AvgIpc) is 2.68. The summed E-state index contributed by atoms with van der Waals surface area (Å²) in [5.41, 5.74) is 0.751. The van der Waals surface area contributed by atoms with E-state index in [4.69, 9.17) is 0 Å². The minimum atomic E-state index is -0.0310. The molecule has 4 aliphatic carbocycles. The molecule has 5 fully saturated rings. The zero-order chi connectivity index (χ0) is 18.4. The van der Waals surface area contributed by atoms with E-state index >= 15 is 0 Å². The fraction of sp³-hybridized carbons (Fsp3) is 0.652. The summed E-state index contributed by atoms with van der Waals surface area (Å²) in [5.74, 6) is 3.05. The van der Waals surface area contributed by atoms with Crippen molar-refractivity contribution in [3.05, 3.63) is 35.9 Å². The van der Waals surface area contributed by atoms with E-state index in [0.717, 1.165) is 68.8 Å². The van der Waals surface area contributed by atoms with E-state index in [-0.39, 0.29) is 11.2 Å². The van der Waals surface area contributed by atoms with Crippen molar-refractivity contribution in [3.63, 3.8) is 0 Å². The molecule has 6 rings (SSSR count). The molecule has 0 aromatic heterocycles. The molecule has 1 aliphatic heterocycles. The minimum absolute atomic E-state index is 0.0310. The lowest BCUT2D eigenvalue weighted by Crippen LogP contribution is -2.58. The summed E-state index contributed by atoms with van der Waals surface area (Å²) in [6, 6.07) is 9.53. The van der Waals surface area contributed by atoms with E-state index in [9.17, 15) is 9.59 Å². The smallest absolute Gasteiger partial charge is 0.228 e. The number of Topliss-reactive ketones (excluding diaryl/α,β-unsaturated/α-hetero) is 1. The number of hydrogen-bond acceptors (Lipinski definition) is 3. The molecule has 4 saturated carbocycles. The fourth-order valence-corrected chi connectivity index (χ4v) is 6.74. The quantitative estimate of drug-likeness (QED) is 0.768. The van der Waals surface area contributed by atoms with Crippen LogP contribution in [0.4, 0.5) is 0 Å². The molecule has 4 heteroatoms. The summed E-state index contributed by atoms with van der Waals surface area (Å²) in [5, 5.41) is 0. The van der Waals surface area contributed by atoms with Gasteiger partial charge in [-0.2, -0.15) is 0 Å². The highest BCUT2D eigenvalue weighted by molar-refractivity contribution is 5.97. The number of carbonyl (C=O) groups excluding carboxylic acids is 2. The number of rotatable bonds is 4. The maximum atomic E-state index is 13.4. The third-order valence-electron chi connectivity index (χ3n) is 7.61. The minimum Gasteiger partial charge on any atom is -0.340 e. The zero-order valence-electron chi connectivity index (χ0n) is 16.1. The Morgan fingerprint density at radius 1 is 0.852 bits per heavy atom. The molecule has 0 unspecified atom stereocenters. The second kappa shape index (κ2) is 6.73. The van der Waals surface area contributed by atoms with Crippen LogP contribution in [0.2, 0.25) is 0 Å². The van der Waals surface area contributed by atoms with Crippen LogP contribution < -0.4 is 0 Å². The Balaban J connectivity index is 1.19. The van der Waals surface area contributed by atoms with Crippen molar-refractivity contribution in [2.24, 2.45) is 23.2 Å². The van der Waals surface area contributed by atoms with Gasteiger partial charge in [0.25, 0.3) is 0 Å². The van der Waals surface area contributed by atoms with Gasteiger partial charge in [-0.25, -0.2) is 0 Å². The van der Waals surface area contributed by atoms with E-state index in [1.807, 2.05) is 30.3 Å². The Labute approximate surface area is 161 Å². The predicted octanol–water partition coefficient (Wildman–Crippen LogP) is 3.23. The molecular weight excluding hydrogens is 336 g/mol. The van der Waals surface area contributed by atoms with Crippen molar-refractivity contribution >= 4 is 11.7 Å². The van der Waals surface area contributed by atoms with Crippen LogP contribution in [0.1, 0.15) is 48.9 Å². The number of ketones is 1. The lowest BCUT2D eigenvalue weighted by atomic mass is 9.49. The SMILES string of the molecule is O=C(CN1CCN(C(=O)C23CC4CC(CC(C4)C2)C3)CC1)c1ccccc1. The average molecular weight is 367 g/mol. The molecule has 0 radical (unpaired) electrons. The maximum absolute atomic E-state index is 13.4. The summed E-state index contributed by atoms with van der Waals surface area (Å²) in [6.07, 6.45) is 7.56. The van der Waals surface area contributed by atoms with Crippen molar-refractivity contribution < 1.29 is 9.59 Å². The van der Waals surface area contributed by atoms with Crippen LogP contribution >= 0.6 is 0 Å². The molecule has 1 amide bonds. The van der Waals surface area contributed by atoms with Crippen LogP contribution in [0.5, 0.6) is 0 Å². The Kier molecular flexibility index (Phi) is 4.34. The van der Waals surface area contributed by atoms with Crippen molar-refractivity contribution in [1.29, 1.82) is 0 Å². The molecule has 0 atom stereocenters. The highest BCUT2D eigenvalue weighted by Crippen LogP contribution is 2.60. The van der Waals surface area contributed by atoms with Gasteiger partial charge in [-0.1, -0.05) is 30.3 Å². The third kappa shape index (κ3) is 3.22. The standard InChI is InChI=1S/C23H30N2O2/c26-21(20-4-2-1-3-5-20)16-24-6-8-25(9-7-24)22(27)23-13-17-10-18(14-23)12-19(11-17)15-23/h1-5,17-19H,6-16H2. The molecule has 4 bridgehead atoms. The van der Waals surface area contributed by atoms with Gasteiger partial charge in [0.15, 0.2) is 5.78 Å². The molecule has 1 aromatic carbocycles. The number of hydrogen-bond donors (Lipinski definition) is 0. The van der Waals surface area contributed by atoms with Gasteiger partial charge >= 0.3 is 0 Å². The number of nitrogens with zero attached hydrogens (tertiary/aromatic N) is 2. The third-order valence-corrected chi connectivity index (χ3v) is 7.61.